The molecule has 0 unspecified atom stereocenters. The fourth-order valence-corrected chi connectivity index (χ4v) is 8.81. The smallest absolute Gasteiger partial charge is 0.0547 e. The van der Waals surface area contributed by atoms with E-state index in [9.17, 15) is 0 Å². The van der Waals surface area contributed by atoms with Gasteiger partial charge in [-0.2, -0.15) is 0 Å². The second kappa shape index (κ2) is 13.2. The Kier molecular flexibility index (Phi) is 7.53. The highest BCUT2D eigenvalue weighted by Gasteiger charge is 2.22. The number of fused-ring (bicyclic) bond motifs is 8. The van der Waals surface area contributed by atoms with Gasteiger partial charge in [-0.3, -0.25) is 0 Å². The zero-order valence-electron chi connectivity index (χ0n) is 30.7. The fourth-order valence-electron chi connectivity index (χ4n) is 8.81. The van der Waals surface area contributed by atoms with Gasteiger partial charge in [0.15, 0.2) is 0 Å². The van der Waals surface area contributed by atoms with Gasteiger partial charge in [0, 0.05) is 33.1 Å². The third-order valence-corrected chi connectivity index (χ3v) is 11.3. The predicted molar refractivity (Wildman–Crippen MR) is 239 cm³/mol. The van der Waals surface area contributed by atoms with Gasteiger partial charge in [0.1, 0.15) is 0 Å². The monoisotopic (exact) mass is 712 g/mol. The van der Waals surface area contributed by atoms with Crippen LogP contribution in [0.15, 0.2) is 218 Å². The zero-order chi connectivity index (χ0) is 37.0. The summed E-state index contributed by atoms with van der Waals surface area (Å²) in [4.78, 5) is 2.46. The van der Waals surface area contributed by atoms with Crippen LogP contribution in [-0.2, 0) is 0 Å². The summed E-state index contributed by atoms with van der Waals surface area (Å²) in [5.41, 5.74) is 11.5. The SMILES string of the molecule is c1ccc(-c2cccc(N(c3ccc(-n4c5ccccc5c5c6ccccc6ccc54)c(-c4ccccc4)c3)c3cc4ccccc4c4ccccc34)c2)cc1. The maximum Gasteiger partial charge on any atom is 0.0547 e. The molecule has 0 aliphatic heterocycles. The lowest BCUT2D eigenvalue weighted by Crippen LogP contribution is -2.11. The van der Waals surface area contributed by atoms with E-state index in [1.54, 1.807) is 0 Å². The summed E-state index contributed by atoms with van der Waals surface area (Å²) < 4.78 is 2.47. The standard InChI is InChI=1S/C54H36N2/c1-3-16-37(17-4-1)40-22-15-23-42(34-40)55(53-35-41-21-8-9-24-44(41)46-26-11-12-27-47(46)53)43-31-33-51(49(36-43)38-18-5-2-6-19-38)56-50-29-14-13-28-48(50)54-45-25-10-7-20-39(45)30-32-52(54)56/h1-36H. The summed E-state index contributed by atoms with van der Waals surface area (Å²) in [7, 11) is 0. The first-order chi connectivity index (χ1) is 27.8. The van der Waals surface area contributed by atoms with Crippen LogP contribution in [0.2, 0.25) is 0 Å². The molecular weight excluding hydrogens is 677 g/mol. The van der Waals surface area contributed by atoms with Gasteiger partial charge in [0.2, 0.25) is 0 Å². The molecule has 1 heterocycles. The fraction of sp³-hybridized carbons (Fsp3) is 0. The molecular formula is C54H36N2. The quantitative estimate of drug-likeness (QED) is 0.156. The van der Waals surface area contributed by atoms with Crippen molar-refractivity contribution in [3.05, 3.63) is 218 Å². The number of para-hydroxylation sites is 1. The van der Waals surface area contributed by atoms with Crippen molar-refractivity contribution in [3.63, 3.8) is 0 Å². The van der Waals surface area contributed by atoms with Crippen LogP contribution in [0.1, 0.15) is 0 Å². The minimum Gasteiger partial charge on any atom is -0.310 e. The summed E-state index contributed by atoms with van der Waals surface area (Å²) in [6.45, 7) is 0. The van der Waals surface area contributed by atoms with Gasteiger partial charge in [-0.25, -0.2) is 0 Å². The molecule has 0 N–H and O–H groups in total. The molecule has 0 spiro atoms. The highest BCUT2D eigenvalue weighted by molar-refractivity contribution is 6.21. The van der Waals surface area contributed by atoms with Crippen LogP contribution in [0.5, 0.6) is 0 Å². The number of aromatic nitrogens is 1. The van der Waals surface area contributed by atoms with E-state index in [-0.39, 0.29) is 0 Å². The van der Waals surface area contributed by atoms with Gasteiger partial charge in [0.05, 0.1) is 22.4 Å². The lowest BCUT2D eigenvalue weighted by atomic mass is 9.97. The topological polar surface area (TPSA) is 8.17 Å². The Morgan fingerprint density at radius 3 is 1.73 bits per heavy atom. The predicted octanol–water partition coefficient (Wildman–Crippen LogP) is 15.0. The van der Waals surface area contributed by atoms with Crippen LogP contribution in [0.3, 0.4) is 0 Å². The molecule has 0 saturated carbocycles. The zero-order valence-corrected chi connectivity index (χ0v) is 30.7. The van der Waals surface area contributed by atoms with E-state index in [2.05, 4.69) is 228 Å². The van der Waals surface area contributed by atoms with Crippen LogP contribution in [0.25, 0.3) is 82.1 Å². The summed E-state index contributed by atoms with van der Waals surface area (Å²) in [5, 5.41) is 9.96. The molecule has 0 atom stereocenters. The minimum absolute atomic E-state index is 1.09. The number of anilines is 3. The van der Waals surface area contributed by atoms with Gasteiger partial charge >= 0.3 is 0 Å². The van der Waals surface area contributed by atoms with Crippen LogP contribution in [0.4, 0.5) is 17.1 Å². The maximum absolute atomic E-state index is 2.47. The van der Waals surface area contributed by atoms with E-state index in [1.165, 1.54) is 65.3 Å². The molecule has 0 aliphatic rings. The van der Waals surface area contributed by atoms with Crippen LogP contribution >= 0.6 is 0 Å². The molecule has 0 bridgehead atoms. The molecule has 0 saturated heterocycles. The van der Waals surface area contributed by atoms with Crippen molar-refractivity contribution in [1.29, 1.82) is 0 Å². The number of hydrogen-bond donors (Lipinski definition) is 0. The number of rotatable bonds is 6. The minimum atomic E-state index is 1.09. The average molecular weight is 713 g/mol. The molecule has 56 heavy (non-hydrogen) atoms. The molecule has 0 amide bonds. The van der Waals surface area contributed by atoms with Crippen LogP contribution < -0.4 is 4.90 Å². The normalized spacial score (nSPS) is 11.6. The van der Waals surface area contributed by atoms with Crippen molar-refractivity contribution in [3.8, 4) is 27.9 Å². The molecule has 2 heteroatoms. The molecule has 0 radical (unpaired) electrons. The third-order valence-electron chi connectivity index (χ3n) is 11.3. The lowest BCUT2D eigenvalue weighted by Gasteiger charge is -2.29. The van der Waals surface area contributed by atoms with Gasteiger partial charge in [-0.15, -0.1) is 0 Å². The van der Waals surface area contributed by atoms with E-state index in [0.29, 0.717) is 0 Å². The first-order valence-corrected chi connectivity index (χ1v) is 19.3. The van der Waals surface area contributed by atoms with Gasteiger partial charge < -0.3 is 9.47 Å². The second-order valence-corrected chi connectivity index (χ2v) is 14.5. The van der Waals surface area contributed by atoms with Crippen molar-refractivity contribution in [2.24, 2.45) is 0 Å². The van der Waals surface area contributed by atoms with Gasteiger partial charge in [-0.05, 0) is 92.2 Å². The summed E-state index contributed by atoms with van der Waals surface area (Å²) >= 11 is 0. The number of benzene rings is 10. The van der Waals surface area contributed by atoms with E-state index in [0.717, 1.165) is 33.9 Å². The summed E-state index contributed by atoms with van der Waals surface area (Å²) in [6.07, 6.45) is 0. The summed E-state index contributed by atoms with van der Waals surface area (Å²) in [6, 6.07) is 79.6. The Labute approximate surface area is 325 Å². The average Bonchev–Trinajstić information content (AvgIpc) is 3.62. The Hall–Kier alpha value is -7.42. The highest BCUT2D eigenvalue weighted by atomic mass is 15.1. The van der Waals surface area contributed by atoms with E-state index in [1.807, 2.05) is 0 Å². The Balaban J connectivity index is 1.21. The van der Waals surface area contributed by atoms with E-state index >= 15 is 0 Å². The first kappa shape index (κ1) is 32.0. The van der Waals surface area contributed by atoms with Gasteiger partial charge in [-0.1, -0.05) is 170 Å². The van der Waals surface area contributed by atoms with E-state index in [4.69, 9.17) is 0 Å². The van der Waals surface area contributed by atoms with Crippen molar-refractivity contribution < 1.29 is 0 Å². The summed E-state index contributed by atoms with van der Waals surface area (Å²) in [5.74, 6) is 0. The molecule has 11 rings (SSSR count). The Morgan fingerprint density at radius 1 is 0.321 bits per heavy atom. The van der Waals surface area contributed by atoms with Crippen molar-refractivity contribution in [2.75, 3.05) is 4.90 Å². The van der Waals surface area contributed by atoms with Crippen LogP contribution in [-0.4, -0.2) is 4.57 Å². The van der Waals surface area contributed by atoms with Crippen LogP contribution in [0, 0.1) is 0 Å². The maximum atomic E-state index is 2.47. The molecule has 262 valence electrons. The molecule has 2 nitrogen and oxygen atoms in total. The third kappa shape index (κ3) is 5.19. The van der Waals surface area contributed by atoms with Crippen molar-refractivity contribution in [1.82, 2.24) is 4.57 Å². The number of hydrogen-bond acceptors (Lipinski definition) is 1. The Morgan fingerprint density at radius 2 is 0.929 bits per heavy atom. The largest absolute Gasteiger partial charge is 0.310 e. The molecule has 11 aromatic rings. The van der Waals surface area contributed by atoms with Crippen molar-refractivity contribution >= 4 is 71.2 Å². The molecule has 0 aliphatic carbocycles. The first-order valence-electron chi connectivity index (χ1n) is 19.3. The van der Waals surface area contributed by atoms with Gasteiger partial charge in [0.25, 0.3) is 0 Å². The van der Waals surface area contributed by atoms with Crippen molar-refractivity contribution in [2.45, 2.75) is 0 Å². The molecule has 10 aromatic carbocycles. The second-order valence-electron chi connectivity index (χ2n) is 14.5. The Bertz CT molecular complexity index is 3250. The molecule has 1 aromatic heterocycles. The number of nitrogens with zero attached hydrogens (tertiary/aromatic N) is 2. The highest BCUT2D eigenvalue weighted by Crippen LogP contribution is 2.46. The molecule has 0 fully saturated rings. The van der Waals surface area contributed by atoms with E-state index < -0.39 is 0 Å². The lowest BCUT2D eigenvalue weighted by molar-refractivity contribution is 1.18.